The minimum atomic E-state index is 1.04. The number of hydrogen-bond acceptors (Lipinski definition) is 8. The Bertz CT molecular complexity index is 3050. The van der Waals surface area contributed by atoms with Crippen LogP contribution in [0.3, 0.4) is 0 Å². The van der Waals surface area contributed by atoms with Crippen LogP contribution < -0.4 is 0 Å². The molecular formula is C53H45N3S5. The van der Waals surface area contributed by atoms with E-state index in [1.165, 1.54) is 98.9 Å². The van der Waals surface area contributed by atoms with Gasteiger partial charge >= 0.3 is 0 Å². The molecule has 0 saturated carbocycles. The second-order valence-corrected chi connectivity index (χ2v) is 18.2. The number of allylic oxidation sites excluding steroid dienone is 2. The average molecular weight is 884 g/mol. The van der Waals surface area contributed by atoms with Crippen LogP contribution in [0.25, 0.3) is 94.8 Å². The topological polar surface area (TPSA) is 38.7 Å². The summed E-state index contributed by atoms with van der Waals surface area (Å²) in [4.78, 5) is 15.1. The van der Waals surface area contributed by atoms with Crippen molar-refractivity contribution in [1.82, 2.24) is 15.0 Å². The molecule has 0 unspecified atom stereocenters. The quantitative estimate of drug-likeness (QED) is 0.103. The van der Waals surface area contributed by atoms with Crippen LogP contribution in [0, 0.1) is 0 Å². The third kappa shape index (κ3) is 7.53. The fraction of sp³-hybridized carbons (Fsp3) is 0.151. The van der Waals surface area contributed by atoms with Gasteiger partial charge in [0.05, 0.1) is 30.6 Å². The van der Waals surface area contributed by atoms with E-state index in [0.717, 1.165) is 34.4 Å². The molecule has 5 aromatic heterocycles. The van der Waals surface area contributed by atoms with Gasteiger partial charge < -0.3 is 0 Å². The maximum absolute atomic E-state index is 5.38. The molecule has 0 atom stereocenters. The summed E-state index contributed by atoms with van der Waals surface area (Å²) >= 11 is 11.9. The summed E-state index contributed by atoms with van der Waals surface area (Å²) in [7, 11) is 0. The first-order valence-corrected chi connectivity index (χ1v) is 24.9. The summed E-state index contributed by atoms with van der Waals surface area (Å²) < 4.78 is 6.18. The molecule has 12 rings (SSSR count). The molecule has 5 aromatic carbocycles. The second-order valence-electron chi connectivity index (χ2n) is 15.0. The van der Waals surface area contributed by atoms with Crippen LogP contribution in [0.4, 0.5) is 0 Å². The van der Waals surface area contributed by atoms with Crippen LogP contribution in [0.2, 0.25) is 0 Å². The molecule has 0 N–H and O–H groups in total. The zero-order valence-electron chi connectivity index (χ0n) is 34.2. The van der Waals surface area contributed by atoms with Crippen molar-refractivity contribution in [3.63, 3.8) is 0 Å². The number of thiazole rings is 1. The highest BCUT2D eigenvalue weighted by molar-refractivity contribution is 8.59. The van der Waals surface area contributed by atoms with E-state index >= 15 is 0 Å². The van der Waals surface area contributed by atoms with Crippen molar-refractivity contribution >= 4 is 108 Å². The van der Waals surface area contributed by atoms with E-state index in [2.05, 4.69) is 127 Å². The molecule has 0 radical (unpaired) electrons. The summed E-state index contributed by atoms with van der Waals surface area (Å²) in [6.45, 7) is 10.7. The number of aromatic nitrogens is 3. The molecule has 0 spiro atoms. The van der Waals surface area contributed by atoms with Gasteiger partial charge in [0.15, 0.2) is 0 Å². The molecule has 5 heterocycles. The number of rotatable bonds is 5. The van der Waals surface area contributed by atoms with Crippen LogP contribution in [-0.4, -0.2) is 15.0 Å². The standard InChI is InChI=1S/C47H31N3S3.C4H6.C2H6.H2S2/c1-2-12-40-37(11-1)50-47(53-40)44-33(28-15-17-38-35(22-28)45-41(51-38)13-5-19-48-45)24-30(43-31-9-3-7-26(31)21-27-8-4-10-32(27)43)25-34(44)29-16-18-39-36(23-29)46-42(52-39)14-6-20-49-46;1-3-4-2;2*1-2/h1-2,5-6,11-25H,3-4,7-10H2;3-4H,1-2H2;1-2H3;1-2H. The first-order chi connectivity index (χ1) is 30.1. The Balaban J connectivity index is 0.000000558. The lowest BCUT2D eigenvalue weighted by molar-refractivity contribution is 0.898. The molecule has 0 amide bonds. The largest absolute Gasteiger partial charge is 0.255 e. The third-order valence-electron chi connectivity index (χ3n) is 11.6. The van der Waals surface area contributed by atoms with Crippen molar-refractivity contribution in [1.29, 1.82) is 0 Å². The maximum Gasteiger partial charge on any atom is 0.125 e. The number of thiophene rings is 2. The Kier molecular flexibility index (Phi) is 12.2. The zero-order chi connectivity index (χ0) is 42.0. The highest BCUT2D eigenvalue weighted by atomic mass is 33.1. The highest BCUT2D eigenvalue weighted by Gasteiger charge is 2.28. The Labute approximate surface area is 379 Å². The van der Waals surface area contributed by atoms with Gasteiger partial charge in [0.2, 0.25) is 0 Å². The Morgan fingerprint density at radius 1 is 0.525 bits per heavy atom. The van der Waals surface area contributed by atoms with Gasteiger partial charge in [-0.2, -0.15) is 0 Å². The van der Waals surface area contributed by atoms with Crippen molar-refractivity contribution in [2.24, 2.45) is 0 Å². The Hall–Kier alpha value is -5.09. The van der Waals surface area contributed by atoms with E-state index in [1.807, 2.05) is 61.0 Å². The van der Waals surface area contributed by atoms with Crippen molar-refractivity contribution in [3.8, 4) is 44.0 Å². The van der Waals surface area contributed by atoms with Crippen LogP contribution in [0.5, 0.6) is 0 Å². The SMILES string of the molecule is C=CC=C.CC.SS.c1ccc2sc(-c3c(-c4ccc5sc6cccnc6c5c4)cc(-c4c5c(cc6c4CCC6)CCC5)cc3-c3ccc4sc5cccnc5c4c3)nc2c1. The molecule has 10 aromatic rings. The van der Waals surface area contributed by atoms with Gasteiger partial charge in [-0.15, -0.1) is 57.3 Å². The minimum absolute atomic E-state index is 1.04. The summed E-state index contributed by atoms with van der Waals surface area (Å²) in [5.74, 6) is 0. The molecule has 0 bridgehead atoms. The number of nitrogens with zero attached hydrogens (tertiary/aromatic N) is 3. The molecule has 61 heavy (non-hydrogen) atoms. The Morgan fingerprint density at radius 2 is 1.05 bits per heavy atom. The van der Waals surface area contributed by atoms with Gasteiger partial charge in [0.25, 0.3) is 0 Å². The van der Waals surface area contributed by atoms with Gasteiger partial charge in [-0.25, -0.2) is 4.98 Å². The number of benzene rings is 5. The van der Waals surface area contributed by atoms with Crippen molar-refractivity contribution in [3.05, 3.63) is 163 Å². The summed E-state index contributed by atoms with van der Waals surface area (Å²) in [5, 5.41) is 3.47. The fourth-order valence-electron chi connectivity index (χ4n) is 9.15. The smallest absolute Gasteiger partial charge is 0.125 e. The van der Waals surface area contributed by atoms with Gasteiger partial charge in [-0.3, -0.25) is 9.97 Å². The highest BCUT2D eigenvalue weighted by Crippen LogP contribution is 2.50. The van der Waals surface area contributed by atoms with Crippen LogP contribution in [0.1, 0.15) is 48.9 Å². The van der Waals surface area contributed by atoms with E-state index in [-0.39, 0.29) is 0 Å². The molecule has 0 aliphatic heterocycles. The number of aryl methyl sites for hydroxylation is 2. The van der Waals surface area contributed by atoms with E-state index in [9.17, 15) is 0 Å². The van der Waals surface area contributed by atoms with Crippen molar-refractivity contribution in [2.45, 2.75) is 52.4 Å². The van der Waals surface area contributed by atoms with Crippen LogP contribution in [-0.2, 0) is 25.7 Å². The fourth-order valence-corrected chi connectivity index (χ4v) is 12.3. The van der Waals surface area contributed by atoms with Gasteiger partial charge in [0, 0.05) is 38.1 Å². The first kappa shape index (κ1) is 41.3. The number of fused-ring (bicyclic) bond motifs is 9. The summed E-state index contributed by atoms with van der Waals surface area (Å²) in [6, 6.07) is 38.6. The summed E-state index contributed by atoms with van der Waals surface area (Å²) in [5.41, 5.74) is 18.3. The van der Waals surface area contributed by atoms with E-state index in [4.69, 9.17) is 15.0 Å². The monoisotopic (exact) mass is 883 g/mol. The van der Waals surface area contributed by atoms with Crippen LogP contribution >= 0.6 is 57.3 Å². The van der Waals surface area contributed by atoms with E-state index in [1.54, 1.807) is 45.7 Å². The lowest BCUT2D eigenvalue weighted by Crippen LogP contribution is -1.99. The molecule has 8 heteroatoms. The van der Waals surface area contributed by atoms with Gasteiger partial charge in [-0.1, -0.05) is 69.5 Å². The zero-order valence-corrected chi connectivity index (χ0v) is 38.5. The minimum Gasteiger partial charge on any atom is -0.255 e. The van der Waals surface area contributed by atoms with Crippen molar-refractivity contribution in [2.75, 3.05) is 0 Å². The average Bonchev–Trinajstić information content (AvgIpc) is 4.18. The summed E-state index contributed by atoms with van der Waals surface area (Å²) in [6.07, 6.45) is 14.3. The van der Waals surface area contributed by atoms with E-state index in [0.29, 0.717) is 0 Å². The first-order valence-electron chi connectivity index (χ1n) is 20.8. The molecule has 0 saturated heterocycles. The predicted octanol–water partition coefficient (Wildman–Crippen LogP) is 16.6. The number of hydrogen-bond donors (Lipinski definition) is 2. The van der Waals surface area contributed by atoms with E-state index < -0.39 is 0 Å². The maximum atomic E-state index is 5.38. The lowest BCUT2D eigenvalue weighted by atomic mass is 9.83. The molecule has 0 fully saturated rings. The molecule has 2 aliphatic carbocycles. The molecule has 302 valence electrons. The number of pyridine rings is 2. The molecular weight excluding hydrogens is 839 g/mol. The van der Waals surface area contributed by atoms with Crippen molar-refractivity contribution < 1.29 is 0 Å². The van der Waals surface area contributed by atoms with Crippen LogP contribution in [0.15, 0.2) is 141 Å². The lowest BCUT2D eigenvalue weighted by Gasteiger charge is -2.21. The van der Waals surface area contributed by atoms with Gasteiger partial charge in [0.1, 0.15) is 5.01 Å². The van der Waals surface area contributed by atoms with Gasteiger partial charge in [-0.05, 0) is 167 Å². The predicted molar refractivity (Wildman–Crippen MR) is 276 cm³/mol. The molecule has 3 nitrogen and oxygen atoms in total. The normalized spacial score (nSPS) is 12.7. The molecule has 2 aliphatic rings. The number of thiol groups is 2. The Morgan fingerprint density at radius 3 is 1.57 bits per heavy atom. The number of para-hydroxylation sites is 1. The third-order valence-corrected chi connectivity index (χ3v) is 15.0. The second kappa shape index (κ2) is 18.1.